The Morgan fingerprint density at radius 1 is 0.969 bits per heavy atom. The van der Waals surface area contributed by atoms with E-state index in [4.69, 9.17) is 4.98 Å². The number of hydrogen-bond donors (Lipinski definition) is 1. The molecule has 1 saturated carbocycles. The van der Waals surface area contributed by atoms with Gasteiger partial charge in [-0.05, 0) is 60.1 Å². The van der Waals surface area contributed by atoms with Crippen molar-refractivity contribution in [2.24, 2.45) is 5.41 Å². The highest BCUT2D eigenvalue weighted by molar-refractivity contribution is 5.64. The van der Waals surface area contributed by atoms with E-state index in [2.05, 4.69) is 39.5 Å². The number of halogens is 2. The second-order valence-electron chi connectivity index (χ2n) is 9.11. The molecule has 0 amide bonds. The van der Waals surface area contributed by atoms with Crippen molar-refractivity contribution < 1.29 is 8.78 Å². The highest BCUT2D eigenvalue weighted by Crippen LogP contribution is 2.69. The Morgan fingerprint density at radius 2 is 1.75 bits per heavy atom. The van der Waals surface area contributed by atoms with E-state index in [0.29, 0.717) is 5.69 Å². The summed E-state index contributed by atoms with van der Waals surface area (Å²) < 4.78 is 28.8. The van der Waals surface area contributed by atoms with Gasteiger partial charge in [-0.1, -0.05) is 26.0 Å². The zero-order chi connectivity index (χ0) is 22.1. The fraction of sp³-hybridized carbons (Fsp3) is 0.292. The van der Waals surface area contributed by atoms with Crippen LogP contribution in [0.2, 0.25) is 0 Å². The van der Waals surface area contributed by atoms with Crippen molar-refractivity contribution in [2.75, 3.05) is 0 Å². The summed E-state index contributed by atoms with van der Waals surface area (Å²) >= 11 is 0. The van der Waals surface area contributed by atoms with E-state index in [1.807, 2.05) is 24.3 Å². The number of aromatic amines is 1. The van der Waals surface area contributed by atoms with E-state index in [1.54, 1.807) is 6.20 Å². The number of nitrogens with zero attached hydrogens (tertiary/aromatic N) is 5. The molecule has 1 N–H and O–H groups in total. The van der Waals surface area contributed by atoms with Gasteiger partial charge in [0.05, 0.1) is 40.0 Å². The molecule has 2 aliphatic carbocycles. The molecule has 160 valence electrons. The third kappa shape index (κ3) is 2.35. The molecule has 0 spiro atoms. The van der Waals surface area contributed by atoms with Gasteiger partial charge in [-0.25, -0.2) is 8.78 Å². The summed E-state index contributed by atoms with van der Waals surface area (Å²) in [4.78, 5) is 4.96. The second kappa shape index (κ2) is 6.48. The average molecular weight is 430 g/mol. The number of fused-ring (bicyclic) bond motifs is 5. The number of benzene rings is 1. The van der Waals surface area contributed by atoms with Crippen LogP contribution < -0.4 is 0 Å². The Bertz CT molecular complexity index is 1330. The van der Waals surface area contributed by atoms with E-state index >= 15 is 0 Å². The molecule has 0 unspecified atom stereocenters. The lowest BCUT2D eigenvalue weighted by Crippen LogP contribution is -2.37. The monoisotopic (exact) mass is 430 g/mol. The van der Waals surface area contributed by atoms with Crippen molar-refractivity contribution in [2.45, 2.75) is 38.0 Å². The van der Waals surface area contributed by atoms with Gasteiger partial charge >= 0.3 is 0 Å². The molecular weight excluding hydrogens is 410 g/mol. The molecule has 2 bridgehead atoms. The first-order valence-corrected chi connectivity index (χ1v) is 10.6. The van der Waals surface area contributed by atoms with Crippen LogP contribution in [0.4, 0.5) is 8.78 Å². The van der Waals surface area contributed by atoms with E-state index in [0.717, 1.165) is 35.5 Å². The number of rotatable bonds is 3. The van der Waals surface area contributed by atoms with Gasteiger partial charge in [0.15, 0.2) is 0 Å². The smallest absolute Gasteiger partial charge is 0.135 e. The topological polar surface area (TPSA) is 80.2 Å². The summed E-state index contributed by atoms with van der Waals surface area (Å²) in [5.41, 5.74) is 3.63. The molecule has 0 radical (unpaired) electrons. The van der Waals surface area contributed by atoms with E-state index in [-0.39, 0.29) is 22.6 Å². The highest BCUT2D eigenvalue weighted by atomic mass is 19.1. The molecule has 1 fully saturated rings. The lowest BCUT2D eigenvalue weighted by atomic mass is 9.66. The summed E-state index contributed by atoms with van der Waals surface area (Å²) in [6.45, 7) is 4.44. The van der Waals surface area contributed by atoms with Crippen molar-refractivity contribution >= 4 is 0 Å². The first-order chi connectivity index (χ1) is 15.4. The number of pyridine rings is 1. The minimum Gasteiger partial charge on any atom is -0.250 e. The minimum atomic E-state index is -0.640. The van der Waals surface area contributed by atoms with Gasteiger partial charge in [0.2, 0.25) is 0 Å². The summed E-state index contributed by atoms with van der Waals surface area (Å²) in [6, 6.07) is 11.5. The molecular formula is C24H20F2N6. The first kappa shape index (κ1) is 19.2. The molecule has 0 saturated heterocycles. The number of nitrogens with one attached hydrogen (secondary N) is 1. The Morgan fingerprint density at radius 3 is 2.50 bits per heavy atom. The molecule has 3 aromatic heterocycles. The molecule has 4 aromatic rings. The van der Waals surface area contributed by atoms with Crippen LogP contribution in [0.3, 0.4) is 0 Å². The van der Waals surface area contributed by atoms with Crippen LogP contribution in [-0.4, -0.2) is 30.6 Å². The lowest BCUT2D eigenvalue weighted by Gasteiger charge is -2.37. The maximum atomic E-state index is 14.4. The van der Waals surface area contributed by atoms with Crippen molar-refractivity contribution in [1.82, 2.24) is 30.6 Å². The largest absolute Gasteiger partial charge is 0.250 e. The Hall–Kier alpha value is -3.55. The van der Waals surface area contributed by atoms with Crippen LogP contribution in [0.5, 0.6) is 0 Å². The summed E-state index contributed by atoms with van der Waals surface area (Å²) in [6.07, 6.45) is 3.47. The minimum absolute atomic E-state index is 0.136. The third-order valence-corrected chi connectivity index (χ3v) is 7.46. The van der Waals surface area contributed by atoms with Crippen molar-refractivity contribution in [3.63, 3.8) is 0 Å². The van der Waals surface area contributed by atoms with Crippen molar-refractivity contribution in [3.8, 4) is 22.6 Å². The second-order valence-corrected chi connectivity index (χ2v) is 9.11. The first-order valence-electron chi connectivity index (χ1n) is 10.6. The summed E-state index contributed by atoms with van der Waals surface area (Å²) in [7, 11) is 0. The van der Waals surface area contributed by atoms with Gasteiger partial charge in [0, 0.05) is 0 Å². The third-order valence-electron chi connectivity index (χ3n) is 7.46. The van der Waals surface area contributed by atoms with Gasteiger partial charge in [0.1, 0.15) is 17.3 Å². The van der Waals surface area contributed by atoms with Crippen LogP contribution in [-0.2, 0) is 5.41 Å². The molecule has 2 atom stereocenters. The standard InChI is InChI=1S/C24H20F2N6/c1-23(2)14-9-10-24(23,20-8-4-7-17(28-20)19-12-27-32-30-19)22-13(14)11-18(29-31-22)21-15(25)5-3-6-16(21)26/h3-8,11-12,14H,9-10H2,1-2H3,(H,27,30,32)/t14-,24+/m0/s1. The van der Waals surface area contributed by atoms with Gasteiger partial charge < -0.3 is 0 Å². The molecule has 3 heterocycles. The van der Waals surface area contributed by atoms with Crippen LogP contribution in [0.15, 0.2) is 48.7 Å². The fourth-order valence-corrected chi connectivity index (χ4v) is 5.90. The quantitative estimate of drug-likeness (QED) is 0.505. The number of aromatic nitrogens is 6. The Balaban J connectivity index is 1.54. The maximum Gasteiger partial charge on any atom is 0.135 e. The molecule has 1 aromatic carbocycles. The lowest BCUT2D eigenvalue weighted by molar-refractivity contribution is 0.243. The Kier molecular flexibility index (Phi) is 3.88. The molecule has 6 rings (SSSR count). The molecule has 6 nitrogen and oxygen atoms in total. The number of hydrogen-bond acceptors (Lipinski definition) is 5. The van der Waals surface area contributed by atoms with E-state index in [9.17, 15) is 8.78 Å². The van der Waals surface area contributed by atoms with Gasteiger partial charge in [-0.15, -0.1) is 5.10 Å². The van der Waals surface area contributed by atoms with Gasteiger partial charge in [-0.2, -0.15) is 20.5 Å². The van der Waals surface area contributed by atoms with Crippen molar-refractivity contribution in [1.29, 1.82) is 0 Å². The van der Waals surface area contributed by atoms with Gasteiger partial charge in [0.25, 0.3) is 0 Å². The molecule has 2 aliphatic rings. The van der Waals surface area contributed by atoms with E-state index in [1.165, 1.54) is 18.2 Å². The molecule has 0 aliphatic heterocycles. The van der Waals surface area contributed by atoms with Crippen LogP contribution in [0.25, 0.3) is 22.6 Å². The van der Waals surface area contributed by atoms with Gasteiger partial charge in [-0.3, -0.25) is 4.98 Å². The zero-order valence-corrected chi connectivity index (χ0v) is 17.6. The zero-order valence-electron chi connectivity index (χ0n) is 17.6. The molecule has 8 heteroatoms. The predicted molar refractivity (Wildman–Crippen MR) is 114 cm³/mol. The van der Waals surface area contributed by atoms with Crippen LogP contribution in [0, 0.1) is 17.0 Å². The average Bonchev–Trinajstić information content (AvgIpc) is 3.45. The number of H-pyrrole nitrogens is 1. The highest BCUT2D eigenvalue weighted by Gasteiger charge is 2.65. The predicted octanol–water partition coefficient (Wildman–Crippen LogP) is 4.81. The van der Waals surface area contributed by atoms with E-state index < -0.39 is 17.0 Å². The SMILES string of the molecule is CC1(C)[C@H]2CC[C@@]1(c1cccc(-c3cn[nH]n3)n1)c1nnc(-c3c(F)cccc3F)cc12. The van der Waals surface area contributed by atoms with Crippen LogP contribution in [0.1, 0.15) is 49.6 Å². The summed E-state index contributed by atoms with van der Waals surface area (Å²) in [5.74, 6) is -1.09. The van der Waals surface area contributed by atoms with Crippen LogP contribution >= 0.6 is 0 Å². The van der Waals surface area contributed by atoms with Crippen molar-refractivity contribution in [3.05, 3.63) is 77.2 Å². The fourth-order valence-electron chi connectivity index (χ4n) is 5.90. The maximum absolute atomic E-state index is 14.4. The summed E-state index contributed by atoms with van der Waals surface area (Å²) in [5, 5.41) is 19.5. The molecule has 32 heavy (non-hydrogen) atoms. The normalized spacial score (nSPS) is 22.8. The Labute approximate surface area is 183 Å².